The molecule has 0 aliphatic rings. The minimum absolute atomic E-state index is 0.00415. The zero-order valence-corrected chi connectivity index (χ0v) is 21.4. The number of aryl methyl sites for hydroxylation is 2. The maximum absolute atomic E-state index is 14.1. The molecule has 10 heteroatoms. The van der Waals surface area contributed by atoms with Crippen LogP contribution in [0.2, 0.25) is 0 Å². The third kappa shape index (κ3) is 6.07. The van der Waals surface area contributed by atoms with E-state index < -0.39 is 5.25 Å². The molecule has 180 valence electrons. The first-order valence-corrected chi connectivity index (χ1v) is 12.4. The van der Waals surface area contributed by atoms with E-state index in [0.29, 0.717) is 27.9 Å². The highest BCUT2D eigenvalue weighted by atomic mass is 79.9. The maximum Gasteiger partial charge on any atom is 0.220 e. The Bertz CT molecular complexity index is 1350. The molecule has 1 atom stereocenters. The van der Waals surface area contributed by atoms with Gasteiger partial charge in [-0.25, -0.2) is 4.39 Å². The van der Waals surface area contributed by atoms with Crippen LogP contribution < -0.4 is 4.74 Å². The number of nitrogens with zero attached hydrogens (tertiary/aromatic N) is 4. The van der Waals surface area contributed by atoms with Crippen LogP contribution in [0.3, 0.4) is 0 Å². The molecule has 0 N–H and O–H groups in total. The largest absolute Gasteiger partial charge is 0.488 e. The van der Waals surface area contributed by atoms with Crippen molar-refractivity contribution in [3.05, 3.63) is 110 Å². The number of aromatic nitrogens is 3. The lowest BCUT2D eigenvalue weighted by Gasteiger charge is -2.18. The summed E-state index contributed by atoms with van der Waals surface area (Å²) in [6.45, 7) is 3.47. The predicted octanol–water partition coefficient (Wildman–Crippen LogP) is 6.47. The van der Waals surface area contributed by atoms with Gasteiger partial charge in [0.05, 0.1) is 0 Å². The molecule has 0 fully saturated rings. The van der Waals surface area contributed by atoms with E-state index in [-0.39, 0.29) is 23.9 Å². The van der Waals surface area contributed by atoms with Crippen LogP contribution in [0.5, 0.6) is 5.75 Å². The topological polar surface area (TPSA) is 83.1 Å². The van der Waals surface area contributed by atoms with E-state index >= 15 is 0 Å². The van der Waals surface area contributed by atoms with E-state index in [4.69, 9.17) is 4.74 Å². The Morgan fingerprint density at radius 1 is 1.11 bits per heavy atom. The molecule has 35 heavy (non-hydrogen) atoms. The summed E-state index contributed by atoms with van der Waals surface area (Å²) in [6, 6.07) is 19.5. The molecule has 0 saturated carbocycles. The van der Waals surface area contributed by atoms with Gasteiger partial charge in [0.25, 0.3) is 0 Å². The Labute approximate surface area is 214 Å². The average molecular weight is 557 g/mol. The van der Waals surface area contributed by atoms with Gasteiger partial charge in [-0.2, -0.15) is 0 Å². The average Bonchev–Trinajstić information content (AvgIpc) is 3.19. The van der Waals surface area contributed by atoms with E-state index in [1.165, 1.54) is 17.8 Å². The monoisotopic (exact) mass is 556 g/mol. The molecule has 0 spiro atoms. The quantitative estimate of drug-likeness (QED) is 0.133. The Hall–Kier alpha value is -3.24. The minimum Gasteiger partial charge on any atom is -0.488 e. The van der Waals surface area contributed by atoms with Crippen LogP contribution in [0.1, 0.15) is 27.8 Å². The number of benzene rings is 3. The van der Waals surface area contributed by atoms with Crippen molar-refractivity contribution >= 4 is 27.7 Å². The van der Waals surface area contributed by atoms with Gasteiger partial charge in [-0.3, -0.25) is 14.7 Å². The van der Waals surface area contributed by atoms with Crippen LogP contribution in [-0.2, 0) is 6.61 Å². The van der Waals surface area contributed by atoms with Crippen molar-refractivity contribution < 1.29 is 14.1 Å². The van der Waals surface area contributed by atoms with Crippen molar-refractivity contribution in [3.8, 4) is 11.4 Å². The Morgan fingerprint density at radius 3 is 2.57 bits per heavy atom. The second-order valence-corrected chi connectivity index (χ2v) is 9.97. The molecule has 4 rings (SSSR count). The highest BCUT2D eigenvalue weighted by Gasteiger charge is 2.27. The number of rotatable bonds is 9. The summed E-state index contributed by atoms with van der Waals surface area (Å²) in [6.07, 6.45) is 0. The highest BCUT2D eigenvalue weighted by Crippen LogP contribution is 2.41. The summed E-state index contributed by atoms with van der Waals surface area (Å²) in [5.74, 6) is 0.736. The van der Waals surface area contributed by atoms with Gasteiger partial charge in [0.15, 0.2) is 5.16 Å². The molecule has 1 aromatic heterocycles. The first-order valence-electron chi connectivity index (χ1n) is 10.7. The van der Waals surface area contributed by atoms with E-state index in [1.54, 1.807) is 36.4 Å². The molecule has 0 radical (unpaired) electrons. The number of halogens is 2. The maximum atomic E-state index is 14.1. The van der Waals surface area contributed by atoms with Gasteiger partial charge in [-0.05, 0) is 50.2 Å². The van der Waals surface area contributed by atoms with Gasteiger partial charge in [0.1, 0.15) is 29.2 Å². The molecule has 7 nitrogen and oxygen atoms in total. The minimum atomic E-state index is -0.633. The van der Waals surface area contributed by atoms with Gasteiger partial charge < -0.3 is 4.74 Å². The molecular formula is C25H22BrFN4O3S. The summed E-state index contributed by atoms with van der Waals surface area (Å²) < 4.78 is 22.7. The van der Waals surface area contributed by atoms with Crippen LogP contribution in [0.4, 0.5) is 4.39 Å². The summed E-state index contributed by atoms with van der Waals surface area (Å²) in [7, 11) is 0. The number of nitro groups is 1. The molecule has 4 aromatic rings. The summed E-state index contributed by atoms with van der Waals surface area (Å²) >= 11 is 4.70. The van der Waals surface area contributed by atoms with Crippen LogP contribution in [0.15, 0.2) is 76.4 Å². The summed E-state index contributed by atoms with van der Waals surface area (Å²) in [5, 5.41) is 20.0. The third-order valence-electron chi connectivity index (χ3n) is 5.31. The summed E-state index contributed by atoms with van der Waals surface area (Å²) in [4.78, 5) is 11.3. The first kappa shape index (κ1) is 24.9. The van der Waals surface area contributed by atoms with Crippen molar-refractivity contribution in [1.29, 1.82) is 0 Å². The molecule has 1 heterocycles. The lowest BCUT2D eigenvalue weighted by molar-refractivity contribution is -0.479. The van der Waals surface area contributed by atoms with Gasteiger partial charge in [-0.1, -0.05) is 63.6 Å². The zero-order chi connectivity index (χ0) is 24.9. The van der Waals surface area contributed by atoms with Crippen molar-refractivity contribution in [2.24, 2.45) is 0 Å². The molecule has 0 saturated heterocycles. The van der Waals surface area contributed by atoms with Crippen molar-refractivity contribution in [3.63, 3.8) is 0 Å². The zero-order valence-electron chi connectivity index (χ0n) is 19.0. The molecule has 0 aliphatic heterocycles. The lowest BCUT2D eigenvalue weighted by atomic mass is 10.1. The standard InChI is InChI=1S/C25H22BrFN4O3S/c1-16-7-10-20(11-8-16)31-17(2)28-29-25(31)35-24(14-30(32)33)21-13-19(26)9-12-23(21)34-15-18-5-3-4-6-22(18)27/h3-13,24H,14-15H2,1-2H3/t24-/m1/s1. The second-order valence-electron chi connectivity index (χ2n) is 7.88. The number of hydrogen-bond donors (Lipinski definition) is 0. The van der Waals surface area contributed by atoms with Crippen LogP contribution in [0, 0.1) is 29.8 Å². The number of ether oxygens (including phenoxy) is 1. The first-order chi connectivity index (χ1) is 16.8. The van der Waals surface area contributed by atoms with Gasteiger partial charge >= 0.3 is 0 Å². The SMILES string of the molecule is Cc1ccc(-n2c(C)nnc2S[C@H](C[N+](=O)[O-])c2cc(Br)ccc2OCc2ccccc2F)cc1. The van der Waals surface area contributed by atoms with Crippen LogP contribution in [0.25, 0.3) is 5.69 Å². The molecule has 3 aromatic carbocycles. The van der Waals surface area contributed by atoms with E-state index in [2.05, 4.69) is 26.1 Å². The van der Waals surface area contributed by atoms with Gasteiger partial charge in [-0.15, -0.1) is 10.2 Å². The number of thioether (sulfide) groups is 1. The molecule has 0 amide bonds. The second kappa shape index (κ2) is 11.0. The predicted molar refractivity (Wildman–Crippen MR) is 136 cm³/mol. The fourth-order valence-electron chi connectivity index (χ4n) is 3.55. The lowest BCUT2D eigenvalue weighted by Crippen LogP contribution is -2.13. The fraction of sp³-hybridized carbons (Fsp3) is 0.200. The number of hydrogen-bond acceptors (Lipinski definition) is 6. The van der Waals surface area contributed by atoms with Crippen molar-refractivity contribution in [1.82, 2.24) is 14.8 Å². The van der Waals surface area contributed by atoms with E-state index in [1.807, 2.05) is 42.7 Å². The van der Waals surface area contributed by atoms with Crippen molar-refractivity contribution in [2.75, 3.05) is 6.54 Å². The molecule has 0 aliphatic carbocycles. The highest BCUT2D eigenvalue weighted by molar-refractivity contribution is 9.10. The normalized spacial score (nSPS) is 11.9. The van der Waals surface area contributed by atoms with Crippen molar-refractivity contribution in [2.45, 2.75) is 30.9 Å². The Morgan fingerprint density at radius 2 is 1.86 bits per heavy atom. The Balaban J connectivity index is 1.68. The van der Waals surface area contributed by atoms with Crippen LogP contribution in [-0.4, -0.2) is 26.2 Å². The van der Waals surface area contributed by atoms with Gasteiger partial charge in [0.2, 0.25) is 6.54 Å². The molecule has 0 unspecified atom stereocenters. The van der Waals surface area contributed by atoms with E-state index in [9.17, 15) is 14.5 Å². The molecular weight excluding hydrogens is 535 g/mol. The Kier molecular flexibility index (Phi) is 7.82. The smallest absolute Gasteiger partial charge is 0.220 e. The third-order valence-corrected chi connectivity index (χ3v) is 6.97. The summed E-state index contributed by atoms with van der Waals surface area (Å²) in [5.41, 5.74) is 2.99. The fourth-order valence-corrected chi connectivity index (χ4v) is 5.12. The molecule has 0 bridgehead atoms. The van der Waals surface area contributed by atoms with Gasteiger partial charge in [0, 0.05) is 26.2 Å². The van der Waals surface area contributed by atoms with E-state index in [0.717, 1.165) is 15.7 Å². The van der Waals surface area contributed by atoms with Crippen LogP contribution >= 0.6 is 27.7 Å².